The third-order valence-electron chi connectivity index (χ3n) is 5.20. The second-order valence-electron chi connectivity index (χ2n) is 7.13. The van der Waals surface area contributed by atoms with Crippen molar-refractivity contribution in [3.63, 3.8) is 0 Å². The molecule has 2 saturated heterocycles. The third kappa shape index (κ3) is 4.53. The molecular weight excluding hydrogens is 316 g/mol. The number of carbonyl (C=O) groups is 2. The SMILES string of the molecule is CC(=O)N1CCCC(COc2ccccc2C(=O)N2CCCCC2)C1. The van der Waals surface area contributed by atoms with Gasteiger partial charge in [-0.05, 0) is 44.2 Å². The lowest BCUT2D eigenvalue weighted by Crippen LogP contribution is -2.40. The van der Waals surface area contributed by atoms with Gasteiger partial charge in [0.1, 0.15) is 5.75 Å². The molecule has 2 aliphatic rings. The number of nitrogens with zero attached hydrogens (tertiary/aromatic N) is 2. The number of likely N-dealkylation sites (tertiary alicyclic amines) is 2. The van der Waals surface area contributed by atoms with Crippen LogP contribution in [0.2, 0.25) is 0 Å². The minimum atomic E-state index is 0.0734. The zero-order valence-corrected chi connectivity index (χ0v) is 15.1. The highest BCUT2D eigenvalue weighted by atomic mass is 16.5. The monoisotopic (exact) mass is 344 g/mol. The highest BCUT2D eigenvalue weighted by Gasteiger charge is 2.24. The zero-order chi connectivity index (χ0) is 17.6. The van der Waals surface area contributed by atoms with Gasteiger partial charge in [0.15, 0.2) is 0 Å². The molecule has 5 nitrogen and oxygen atoms in total. The van der Waals surface area contributed by atoms with E-state index in [1.54, 1.807) is 6.92 Å². The molecule has 0 N–H and O–H groups in total. The lowest BCUT2D eigenvalue weighted by molar-refractivity contribution is -0.130. The highest BCUT2D eigenvalue weighted by Crippen LogP contribution is 2.24. The minimum absolute atomic E-state index is 0.0734. The Balaban J connectivity index is 1.63. The lowest BCUT2D eigenvalue weighted by Gasteiger charge is -2.32. The van der Waals surface area contributed by atoms with E-state index in [0.29, 0.717) is 23.8 Å². The summed E-state index contributed by atoms with van der Waals surface area (Å²) >= 11 is 0. The Hall–Kier alpha value is -2.04. The van der Waals surface area contributed by atoms with E-state index in [-0.39, 0.29) is 11.8 Å². The van der Waals surface area contributed by atoms with Crippen LogP contribution in [0.3, 0.4) is 0 Å². The number of hydrogen-bond donors (Lipinski definition) is 0. The predicted molar refractivity (Wildman–Crippen MR) is 96.7 cm³/mol. The maximum Gasteiger partial charge on any atom is 0.257 e. The number of rotatable bonds is 4. The molecule has 2 amide bonds. The summed E-state index contributed by atoms with van der Waals surface area (Å²) in [7, 11) is 0. The van der Waals surface area contributed by atoms with Gasteiger partial charge in [-0.1, -0.05) is 12.1 Å². The summed E-state index contributed by atoms with van der Waals surface area (Å²) in [5.74, 6) is 1.20. The Morgan fingerprint density at radius 2 is 1.76 bits per heavy atom. The first-order chi connectivity index (χ1) is 12.1. The second kappa shape index (κ2) is 8.37. The molecule has 0 spiro atoms. The zero-order valence-electron chi connectivity index (χ0n) is 15.1. The summed E-state index contributed by atoms with van der Waals surface area (Å²) in [6.07, 6.45) is 5.44. The quantitative estimate of drug-likeness (QED) is 0.844. The molecule has 2 fully saturated rings. The van der Waals surface area contributed by atoms with Crippen molar-refractivity contribution in [1.29, 1.82) is 0 Å². The highest BCUT2D eigenvalue weighted by molar-refractivity contribution is 5.97. The third-order valence-corrected chi connectivity index (χ3v) is 5.20. The van der Waals surface area contributed by atoms with Crippen LogP contribution in [0.15, 0.2) is 24.3 Å². The molecular formula is C20H28N2O3. The number of piperidine rings is 2. The van der Waals surface area contributed by atoms with Crippen molar-refractivity contribution in [2.75, 3.05) is 32.8 Å². The van der Waals surface area contributed by atoms with Gasteiger partial charge in [0.05, 0.1) is 12.2 Å². The van der Waals surface area contributed by atoms with Gasteiger partial charge < -0.3 is 14.5 Å². The van der Waals surface area contributed by atoms with Gasteiger partial charge in [0.2, 0.25) is 5.91 Å². The van der Waals surface area contributed by atoms with Gasteiger partial charge in [-0.3, -0.25) is 9.59 Å². The summed E-state index contributed by atoms with van der Waals surface area (Å²) in [5.41, 5.74) is 0.656. The number of para-hydroxylation sites is 1. The number of ether oxygens (including phenoxy) is 1. The van der Waals surface area contributed by atoms with Crippen LogP contribution in [-0.4, -0.2) is 54.4 Å². The van der Waals surface area contributed by atoms with Crippen LogP contribution in [0.1, 0.15) is 49.4 Å². The fourth-order valence-electron chi connectivity index (χ4n) is 3.73. The second-order valence-corrected chi connectivity index (χ2v) is 7.13. The maximum atomic E-state index is 12.8. The molecule has 2 aliphatic heterocycles. The molecule has 2 heterocycles. The van der Waals surface area contributed by atoms with E-state index in [1.165, 1.54) is 6.42 Å². The van der Waals surface area contributed by atoms with E-state index in [4.69, 9.17) is 4.74 Å². The van der Waals surface area contributed by atoms with E-state index in [9.17, 15) is 9.59 Å². The average molecular weight is 344 g/mol. The van der Waals surface area contributed by atoms with Crippen LogP contribution in [0.4, 0.5) is 0 Å². The van der Waals surface area contributed by atoms with E-state index in [1.807, 2.05) is 34.1 Å². The average Bonchev–Trinajstić information content (AvgIpc) is 2.67. The molecule has 0 aliphatic carbocycles. The Morgan fingerprint density at radius 1 is 1.04 bits per heavy atom. The van der Waals surface area contributed by atoms with E-state index in [0.717, 1.165) is 51.9 Å². The van der Waals surface area contributed by atoms with Crippen molar-refractivity contribution >= 4 is 11.8 Å². The Bertz CT molecular complexity index is 611. The first-order valence-electron chi connectivity index (χ1n) is 9.42. The van der Waals surface area contributed by atoms with Gasteiger partial charge in [-0.25, -0.2) is 0 Å². The first-order valence-corrected chi connectivity index (χ1v) is 9.42. The molecule has 1 aromatic rings. The molecule has 0 aromatic heterocycles. The van der Waals surface area contributed by atoms with Crippen molar-refractivity contribution in [3.05, 3.63) is 29.8 Å². The number of amides is 2. The topological polar surface area (TPSA) is 49.9 Å². The minimum Gasteiger partial charge on any atom is -0.492 e. The van der Waals surface area contributed by atoms with Crippen molar-refractivity contribution in [2.45, 2.75) is 39.0 Å². The van der Waals surface area contributed by atoms with Crippen LogP contribution in [0.5, 0.6) is 5.75 Å². The van der Waals surface area contributed by atoms with Gasteiger partial charge >= 0.3 is 0 Å². The summed E-state index contributed by atoms with van der Waals surface area (Å²) < 4.78 is 6.03. The molecule has 25 heavy (non-hydrogen) atoms. The summed E-state index contributed by atoms with van der Waals surface area (Å²) in [4.78, 5) is 28.2. The standard InChI is InChI=1S/C20H28N2O3/c1-16(23)22-13-7-8-17(14-22)15-25-19-10-4-3-9-18(19)20(24)21-11-5-2-6-12-21/h3-4,9-10,17H,2,5-8,11-15H2,1H3. The van der Waals surface area contributed by atoms with E-state index < -0.39 is 0 Å². The molecule has 5 heteroatoms. The van der Waals surface area contributed by atoms with Crippen molar-refractivity contribution in [3.8, 4) is 5.75 Å². The molecule has 0 bridgehead atoms. The summed E-state index contributed by atoms with van der Waals surface area (Å²) in [5, 5.41) is 0. The number of hydrogen-bond acceptors (Lipinski definition) is 3. The Kier molecular flexibility index (Phi) is 5.95. The molecule has 0 saturated carbocycles. The van der Waals surface area contributed by atoms with Crippen LogP contribution >= 0.6 is 0 Å². The molecule has 1 atom stereocenters. The van der Waals surface area contributed by atoms with Gasteiger partial charge in [0, 0.05) is 39.0 Å². The fraction of sp³-hybridized carbons (Fsp3) is 0.600. The van der Waals surface area contributed by atoms with Gasteiger partial charge in [-0.2, -0.15) is 0 Å². The Morgan fingerprint density at radius 3 is 2.52 bits per heavy atom. The van der Waals surface area contributed by atoms with E-state index >= 15 is 0 Å². The number of carbonyl (C=O) groups excluding carboxylic acids is 2. The molecule has 3 rings (SSSR count). The van der Waals surface area contributed by atoms with Crippen LogP contribution in [0.25, 0.3) is 0 Å². The van der Waals surface area contributed by atoms with Gasteiger partial charge in [0.25, 0.3) is 5.91 Å². The normalized spacial score (nSPS) is 21.1. The summed E-state index contributed by atoms with van der Waals surface area (Å²) in [6.45, 7) is 5.43. The van der Waals surface area contributed by atoms with Crippen molar-refractivity contribution in [1.82, 2.24) is 9.80 Å². The molecule has 1 unspecified atom stereocenters. The Labute approximate surface area is 149 Å². The van der Waals surface area contributed by atoms with Gasteiger partial charge in [-0.15, -0.1) is 0 Å². The largest absolute Gasteiger partial charge is 0.492 e. The predicted octanol–water partition coefficient (Wildman–Crippen LogP) is 2.95. The molecule has 136 valence electrons. The van der Waals surface area contributed by atoms with Crippen molar-refractivity contribution < 1.29 is 14.3 Å². The summed E-state index contributed by atoms with van der Waals surface area (Å²) in [6, 6.07) is 7.53. The van der Waals surface area contributed by atoms with E-state index in [2.05, 4.69) is 0 Å². The smallest absolute Gasteiger partial charge is 0.257 e. The van der Waals surface area contributed by atoms with Crippen molar-refractivity contribution in [2.24, 2.45) is 5.92 Å². The van der Waals surface area contributed by atoms with Crippen LogP contribution in [-0.2, 0) is 4.79 Å². The molecule has 0 radical (unpaired) electrons. The lowest BCUT2D eigenvalue weighted by atomic mass is 9.99. The first kappa shape index (κ1) is 17.8. The number of benzene rings is 1. The molecule has 1 aromatic carbocycles. The van der Waals surface area contributed by atoms with Crippen LogP contribution in [0, 0.1) is 5.92 Å². The fourth-order valence-corrected chi connectivity index (χ4v) is 3.73. The maximum absolute atomic E-state index is 12.8. The van der Waals surface area contributed by atoms with Crippen LogP contribution < -0.4 is 4.74 Å².